The van der Waals surface area contributed by atoms with Gasteiger partial charge >= 0.3 is 0 Å². The van der Waals surface area contributed by atoms with Crippen LogP contribution in [0.2, 0.25) is 0 Å². The van der Waals surface area contributed by atoms with Gasteiger partial charge in [-0.15, -0.1) is 0 Å². The van der Waals surface area contributed by atoms with Crippen LogP contribution in [0.4, 0.5) is 0 Å². The monoisotopic (exact) mass is 290 g/mol. The summed E-state index contributed by atoms with van der Waals surface area (Å²) in [6.45, 7) is 2.07. The third-order valence-corrected chi connectivity index (χ3v) is 4.29. The molecule has 1 unspecified atom stereocenters. The van der Waals surface area contributed by atoms with Gasteiger partial charge in [0.25, 0.3) is 0 Å². The van der Waals surface area contributed by atoms with E-state index in [-0.39, 0.29) is 11.8 Å². The van der Waals surface area contributed by atoms with E-state index >= 15 is 0 Å². The zero-order valence-electron chi connectivity index (χ0n) is 13.0. The van der Waals surface area contributed by atoms with Crippen molar-refractivity contribution in [2.24, 2.45) is 5.73 Å². The summed E-state index contributed by atoms with van der Waals surface area (Å²) in [5, 5.41) is 3.14. The highest BCUT2D eigenvalue weighted by atomic mass is 16.5. The molecule has 1 aromatic carbocycles. The topological polar surface area (TPSA) is 64.3 Å². The molecular weight excluding hydrogens is 264 g/mol. The maximum atomic E-state index is 12.2. The van der Waals surface area contributed by atoms with Crippen LogP contribution in [-0.4, -0.2) is 25.1 Å². The number of benzene rings is 1. The number of nitrogens with two attached hydrogens (primary N) is 1. The minimum atomic E-state index is 0.130. The van der Waals surface area contributed by atoms with Crippen molar-refractivity contribution < 1.29 is 9.53 Å². The molecule has 1 fully saturated rings. The number of carbonyl (C=O) groups is 1. The minimum absolute atomic E-state index is 0.130. The Morgan fingerprint density at radius 1 is 1.38 bits per heavy atom. The summed E-state index contributed by atoms with van der Waals surface area (Å²) in [7, 11) is 1.66. The van der Waals surface area contributed by atoms with Gasteiger partial charge in [-0.3, -0.25) is 4.79 Å². The van der Waals surface area contributed by atoms with Crippen molar-refractivity contribution >= 4 is 5.91 Å². The molecule has 1 atom stereocenters. The van der Waals surface area contributed by atoms with E-state index in [0.717, 1.165) is 37.0 Å². The summed E-state index contributed by atoms with van der Waals surface area (Å²) in [5.41, 5.74) is 7.02. The lowest BCUT2D eigenvalue weighted by Gasteiger charge is -2.27. The molecule has 2 rings (SSSR count). The van der Waals surface area contributed by atoms with Crippen molar-refractivity contribution in [1.82, 2.24) is 5.32 Å². The molecule has 0 spiro atoms. The Morgan fingerprint density at radius 3 is 2.76 bits per heavy atom. The molecule has 1 aromatic rings. The Hall–Kier alpha value is -1.55. The number of hydrogen-bond donors (Lipinski definition) is 2. The standard InChI is InChI=1S/C17H26N2O2/c1-12(13-4-3-5-16(11-13)21-2)10-17(20)19-15-8-6-14(18)7-9-15/h3-5,11-12,14-15H,6-10,18H2,1-2H3,(H,19,20). The summed E-state index contributed by atoms with van der Waals surface area (Å²) in [4.78, 5) is 12.2. The SMILES string of the molecule is COc1cccc(C(C)CC(=O)NC2CCC(N)CC2)c1. The maximum absolute atomic E-state index is 12.2. The van der Waals surface area contributed by atoms with Gasteiger partial charge in [0.05, 0.1) is 7.11 Å². The predicted octanol–water partition coefficient (Wildman–Crippen LogP) is 2.57. The van der Waals surface area contributed by atoms with E-state index in [1.807, 2.05) is 24.3 Å². The highest BCUT2D eigenvalue weighted by Gasteiger charge is 2.21. The first kappa shape index (κ1) is 15.8. The largest absolute Gasteiger partial charge is 0.497 e. The summed E-state index contributed by atoms with van der Waals surface area (Å²) in [6, 6.07) is 8.54. The Bertz CT molecular complexity index is 468. The first-order chi connectivity index (χ1) is 10.1. The Labute approximate surface area is 127 Å². The van der Waals surface area contributed by atoms with Gasteiger partial charge in [-0.25, -0.2) is 0 Å². The van der Waals surface area contributed by atoms with Crippen LogP contribution < -0.4 is 15.8 Å². The average Bonchev–Trinajstić information content (AvgIpc) is 2.49. The maximum Gasteiger partial charge on any atom is 0.220 e. The van der Waals surface area contributed by atoms with Gasteiger partial charge < -0.3 is 15.8 Å². The second-order valence-corrected chi connectivity index (χ2v) is 6.06. The number of ether oxygens (including phenoxy) is 1. The van der Waals surface area contributed by atoms with E-state index in [4.69, 9.17) is 10.5 Å². The zero-order valence-corrected chi connectivity index (χ0v) is 13.0. The normalized spacial score (nSPS) is 23.4. The van der Waals surface area contributed by atoms with Gasteiger partial charge in [0.2, 0.25) is 5.91 Å². The van der Waals surface area contributed by atoms with E-state index in [2.05, 4.69) is 12.2 Å². The number of nitrogens with one attached hydrogen (secondary N) is 1. The van der Waals surface area contributed by atoms with Crippen LogP contribution in [0.15, 0.2) is 24.3 Å². The molecule has 21 heavy (non-hydrogen) atoms. The van der Waals surface area contributed by atoms with Crippen LogP contribution in [0.1, 0.15) is 50.5 Å². The molecule has 4 heteroatoms. The van der Waals surface area contributed by atoms with Gasteiger partial charge in [0, 0.05) is 18.5 Å². The fourth-order valence-corrected chi connectivity index (χ4v) is 2.89. The fourth-order valence-electron chi connectivity index (χ4n) is 2.89. The lowest BCUT2D eigenvalue weighted by molar-refractivity contribution is -0.122. The first-order valence-corrected chi connectivity index (χ1v) is 7.77. The van der Waals surface area contributed by atoms with Crippen molar-refractivity contribution in [2.45, 2.75) is 57.0 Å². The summed E-state index contributed by atoms with van der Waals surface area (Å²) in [6.07, 6.45) is 4.53. The number of hydrogen-bond acceptors (Lipinski definition) is 3. The smallest absolute Gasteiger partial charge is 0.220 e. The molecule has 0 aromatic heterocycles. The molecule has 0 radical (unpaired) electrons. The van der Waals surface area contributed by atoms with Gasteiger partial charge in [-0.2, -0.15) is 0 Å². The van der Waals surface area contributed by atoms with E-state index in [9.17, 15) is 4.79 Å². The van der Waals surface area contributed by atoms with E-state index in [0.29, 0.717) is 18.5 Å². The zero-order chi connectivity index (χ0) is 15.2. The minimum Gasteiger partial charge on any atom is -0.497 e. The molecule has 0 saturated heterocycles. The van der Waals surface area contributed by atoms with Crippen molar-refractivity contribution in [3.05, 3.63) is 29.8 Å². The molecule has 1 aliphatic rings. The highest BCUT2D eigenvalue weighted by molar-refractivity contribution is 5.77. The fraction of sp³-hybridized carbons (Fsp3) is 0.588. The van der Waals surface area contributed by atoms with Crippen LogP contribution in [-0.2, 0) is 4.79 Å². The van der Waals surface area contributed by atoms with Crippen LogP contribution in [0.25, 0.3) is 0 Å². The Kier molecular flexibility index (Phi) is 5.62. The van der Waals surface area contributed by atoms with Crippen LogP contribution in [0.3, 0.4) is 0 Å². The predicted molar refractivity (Wildman–Crippen MR) is 84.4 cm³/mol. The molecule has 3 N–H and O–H groups in total. The Morgan fingerprint density at radius 2 is 2.10 bits per heavy atom. The number of carbonyl (C=O) groups excluding carboxylic acids is 1. The summed E-state index contributed by atoms with van der Waals surface area (Å²) in [5.74, 6) is 1.15. The lowest BCUT2D eigenvalue weighted by atomic mass is 9.91. The molecule has 0 bridgehead atoms. The summed E-state index contributed by atoms with van der Waals surface area (Å²) >= 11 is 0. The number of amides is 1. The molecule has 0 aliphatic heterocycles. The quantitative estimate of drug-likeness (QED) is 0.876. The second-order valence-electron chi connectivity index (χ2n) is 6.06. The molecule has 4 nitrogen and oxygen atoms in total. The van der Waals surface area contributed by atoms with E-state index in [1.165, 1.54) is 0 Å². The second kappa shape index (κ2) is 7.46. The van der Waals surface area contributed by atoms with Crippen molar-refractivity contribution in [2.75, 3.05) is 7.11 Å². The molecule has 1 aliphatic carbocycles. The van der Waals surface area contributed by atoms with Gasteiger partial charge in [-0.1, -0.05) is 19.1 Å². The van der Waals surface area contributed by atoms with Crippen LogP contribution in [0, 0.1) is 0 Å². The van der Waals surface area contributed by atoms with Crippen molar-refractivity contribution in [3.8, 4) is 5.75 Å². The van der Waals surface area contributed by atoms with Crippen LogP contribution >= 0.6 is 0 Å². The first-order valence-electron chi connectivity index (χ1n) is 7.77. The third-order valence-electron chi connectivity index (χ3n) is 4.29. The number of methoxy groups -OCH3 is 1. The third kappa shape index (κ3) is 4.74. The van der Waals surface area contributed by atoms with E-state index in [1.54, 1.807) is 7.11 Å². The summed E-state index contributed by atoms with van der Waals surface area (Å²) < 4.78 is 5.23. The molecule has 0 heterocycles. The number of rotatable bonds is 5. The molecule has 1 amide bonds. The molecule has 116 valence electrons. The molecular formula is C17H26N2O2. The van der Waals surface area contributed by atoms with Crippen molar-refractivity contribution in [3.63, 3.8) is 0 Å². The Balaban J connectivity index is 1.84. The van der Waals surface area contributed by atoms with Crippen molar-refractivity contribution in [1.29, 1.82) is 0 Å². The van der Waals surface area contributed by atoms with Gasteiger partial charge in [0.1, 0.15) is 5.75 Å². The average molecular weight is 290 g/mol. The van der Waals surface area contributed by atoms with E-state index < -0.39 is 0 Å². The molecule has 1 saturated carbocycles. The van der Waals surface area contributed by atoms with Gasteiger partial charge in [0.15, 0.2) is 0 Å². The van der Waals surface area contributed by atoms with Gasteiger partial charge in [-0.05, 0) is 49.3 Å². The van der Waals surface area contributed by atoms with Crippen LogP contribution in [0.5, 0.6) is 5.75 Å². The highest BCUT2D eigenvalue weighted by Crippen LogP contribution is 2.23. The lowest BCUT2D eigenvalue weighted by Crippen LogP contribution is -2.40.